The zero-order valence-corrected chi connectivity index (χ0v) is 10.8. The van der Waals surface area contributed by atoms with Crippen molar-refractivity contribution in [3.05, 3.63) is 29.3 Å². The molecule has 1 saturated carbocycles. The maximum Gasteiger partial charge on any atom is 0.335 e. The minimum Gasteiger partial charge on any atom is -0.478 e. The van der Waals surface area contributed by atoms with Gasteiger partial charge >= 0.3 is 5.97 Å². The van der Waals surface area contributed by atoms with Gasteiger partial charge in [-0.3, -0.25) is 0 Å². The minimum absolute atomic E-state index is 0.119. The van der Waals surface area contributed by atoms with E-state index < -0.39 is 17.6 Å². The van der Waals surface area contributed by atoms with Crippen molar-refractivity contribution in [1.82, 2.24) is 0 Å². The second-order valence-corrected chi connectivity index (χ2v) is 5.00. The van der Waals surface area contributed by atoms with Crippen LogP contribution in [0.3, 0.4) is 0 Å². The van der Waals surface area contributed by atoms with Gasteiger partial charge in [0.2, 0.25) is 0 Å². The molecule has 3 nitrogen and oxygen atoms in total. The molecule has 1 aliphatic carbocycles. The van der Waals surface area contributed by atoms with E-state index in [1.54, 1.807) is 11.9 Å². The normalized spacial score (nSPS) is 16.4. The SMILES string of the molecule is CN(c1c(F)cc(C(=O)O)cc1F)C1CCCCC1. The summed E-state index contributed by atoms with van der Waals surface area (Å²) in [5.74, 6) is -2.96. The molecule has 1 aromatic rings. The first-order valence-electron chi connectivity index (χ1n) is 6.46. The number of rotatable bonds is 3. The molecule has 1 aliphatic rings. The van der Waals surface area contributed by atoms with Crippen molar-refractivity contribution in [2.45, 2.75) is 38.1 Å². The van der Waals surface area contributed by atoms with Gasteiger partial charge in [0.15, 0.2) is 0 Å². The first-order valence-corrected chi connectivity index (χ1v) is 6.46. The first kappa shape index (κ1) is 13.8. The van der Waals surface area contributed by atoms with Crippen molar-refractivity contribution in [2.75, 3.05) is 11.9 Å². The molecule has 104 valence electrons. The van der Waals surface area contributed by atoms with Crippen LogP contribution in [0.5, 0.6) is 0 Å². The summed E-state index contributed by atoms with van der Waals surface area (Å²) >= 11 is 0. The van der Waals surface area contributed by atoms with E-state index in [0.717, 1.165) is 44.2 Å². The van der Waals surface area contributed by atoms with E-state index in [9.17, 15) is 13.6 Å². The monoisotopic (exact) mass is 269 g/mol. The number of carboxylic acid groups (broad SMARTS) is 1. The lowest BCUT2D eigenvalue weighted by Crippen LogP contribution is -2.34. The number of benzene rings is 1. The third-order valence-corrected chi connectivity index (χ3v) is 3.74. The molecule has 0 aliphatic heterocycles. The van der Waals surface area contributed by atoms with Gasteiger partial charge in [0.25, 0.3) is 0 Å². The molecule has 1 fully saturated rings. The number of carboxylic acids is 1. The van der Waals surface area contributed by atoms with E-state index in [4.69, 9.17) is 5.11 Å². The molecular formula is C14H17F2NO2. The Labute approximate surface area is 110 Å². The molecule has 0 atom stereocenters. The number of hydrogen-bond donors (Lipinski definition) is 1. The third-order valence-electron chi connectivity index (χ3n) is 3.74. The Morgan fingerprint density at radius 1 is 1.21 bits per heavy atom. The van der Waals surface area contributed by atoms with Crippen LogP contribution in [0, 0.1) is 11.6 Å². The van der Waals surface area contributed by atoms with Gasteiger partial charge in [0, 0.05) is 13.1 Å². The smallest absolute Gasteiger partial charge is 0.335 e. The number of carbonyl (C=O) groups is 1. The number of aromatic carboxylic acids is 1. The van der Waals surface area contributed by atoms with E-state index in [1.165, 1.54) is 0 Å². The average Bonchev–Trinajstić information content (AvgIpc) is 2.38. The summed E-state index contributed by atoms with van der Waals surface area (Å²) in [4.78, 5) is 12.3. The summed E-state index contributed by atoms with van der Waals surface area (Å²) in [7, 11) is 1.66. The Kier molecular flexibility index (Phi) is 4.02. The number of nitrogens with zero attached hydrogens (tertiary/aromatic N) is 1. The summed E-state index contributed by atoms with van der Waals surface area (Å²) in [6, 6.07) is 1.87. The fourth-order valence-electron chi connectivity index (χ4n) is 2.68. The highest BCUT2D eigenvalue weighted by Gasteiger charge is 2.24. The molecule has 0 unspecified atom stereocenters. The topological polar surface area (TPSA) is 40.5 Å². The van der Waals surface area contributed by atoms with Crippen molar-refractivity contribution < 1.29 is 18.7 Å². The fraction of sp³-hybridized carbons (Fsp3) is 0.500. The Bertz CT molecular complexity index is 461. The van der Waals surface area contributed by atoms with E-state index in [0.29, 0.717) is 0 Å². The number of hydrogen-bond acceptors (Lipinski definition) is 2. The number of halogens is 2. The predicted molar refractivity (Wildman–Crippen MR) is 68.6 cm³/mol. The van der Waals surface area contributed by atoms with Crippen molar-refractivity contribution in [2.24, 2.45) is 0 Å². The van der Waals surface area contributed by atoms with Crippen LogP contribution >= 0.6 is 0 Å². The predicted octanol–water partition coefficient (Wildman–Crippen LogP) is 3.43. The molecule has 2 rings (SSSR count). The molecule has 0 aromatic heterocycles. The Hall–Kier alpha value is -1.65. The van der Waals surface area contributed by atoms with Gasteiger partial charge < -0.3 is 10.0 Å². The minimum atomic E-state index is -1.33. The van der Waals surface area contributed by atoms with Gasteiger partial charge in [0.05, 0.1) is 5.56 Å². The highest BCUT2D eigenvalue weighted by atomic mass is 19.1. The highest BCUT2D eigenvalue weighted by Crippen LogP contribution is 2.30. The van der Waals surface area contributed by atoms with Crippen LogP contribution in [0.15, 0.2) is 12.1 Å². The van der Waals surface area contributed by atoms with Crippen LogP contribution in [0.2, 0.25) is 0 Å². The number of anilines is 1. The fourth-order valence-corrected chi connectivity index (χ4v) is 2.68. The Morgan fingerprint density at radius 2 is 1.74 bits per heavy atom. The van der Waals surface area contributed by atoms with E-state index in [-0.39, 0.29) is 17.3 Å². The Balaban J connectivity index is 2.30. The van der Waals surface area contributed by atoms with Crippen LogP contribution in [0.4, 0.5) is 14.5 Å². The molecule has 1 aromatic carbocycles. The summed E-state index contributed by atoms with van der Waals surface area (Å²) < 4.78 is 27.9. The van der Waals surface area contributed by atoms with Crippen LogP contribution in [0.1, 0.15) is 42.5 Å². The quantitative estimate of drug-likeness (QED) is 0.913. The summed E-state index contributed by atoms with van der Waals surface area (Å²) in [5.41, 5.74) is -0.493. The van der Waals surface area contributed by atoms with Gasteiger partial charge in [-0.1, -0.05) is 19.3 Å². The lowest BCUT2D eigenvalue weighted by atomic mass is 9.94. The molecule has 0 spiro atoms. The maximum absolute atomic E-state index is 13.9. The maximum atomic E-state index is 13.9. The molecule has 0 radical (unpaired) electrons. The average molecular weight is 269 g/mol. The molecule has 0 saturated heterocycles. The van der Waals surface area contributed by atoms with Crippen molar-refractivity contribution in [3.8, 4) is 0 Å². The molecule has 1 N–H and O–H groups in total. The molecular weight excluding hydrogens is 252 g/mol. The molecule has 0 bridgehead atoms. The second-order valence-electron chi connectivity index (χ2n) is 5.00. The zero-order valence-electron chi connectivity index (χ0n) is 10.8. The van der Waals surface area contributed by atoms with E-state index >= 15 is 0 Å². The van der Waals surface area contributed by atoms with Crippen molar-refractivity contribution in [3.63, 3.8) is 0 Å². The van der Waals surface area contributed by atoms with Gasteiger partial charge in [-0.15, -0.1) is 0 Å². The van der Waals surface area contributed by atoms with E-state index in [2.05, 4.69) is 0 Å². The third kappa shape index (κ3) is 2.85. The van der Waals surface area contributed by atoms with Crippen LogP contribution in [-0.2, 0) is 0 Å². The first-order chi connectivity index (χ1) is 9.00. The van der Waals surface area contributed by atoms with Crippen molar-refractivity contribution in [1.29, 1.82) is 0 Å². The second kappa shape index (κ2) is 5.55. The molecule has 5 heteroatoms. The summed E-state index contributed by atoms with van der Waals surface area (Å²) in [5, 5.41) is 8.76. The molecule has 19 heavy (non-hydrogen) atoms. The molecule has 0 heterocycles. The van der Waals surface area contributed by atoms with Gasteiger partial charge in [-0.05, 0) is 25.0 Å². The van der Waals surface area contributed by atoms with E-state index in [1.807, 2.05) is 0 Å². The van der Waals surface area contributed by atoms with Crippen LogP contribution < -0.4 is 4.90 Å². The van der Waals surface area contributed by atoms with Gasteiger partial charge in [0.1, 0.15) is 17.3 Å². The summed E-state index contributed by atoms with van der Waals surface area (Å²) in [6.07, 6.45) is 5.11. The summed E-state index contributed by atoms with van der Waals surface area (Å²) in [6.45, 7) is 0. The lowest BCUT2D eigenvalue weighted by Gasteiger charge is -2.33. The standard InChI is InChI=1S/C14H17F2NO2/c1-17(10-5-3-2-4-6-10)13-11(15)7-9(14(18)19)8-12(13)16/h7-8,10H,2-6H2,1H3,(H,18,19). The van der Waals surface area contributed by atoms with Crippen LogP contribution in [0.25, 0.3) is 0 Å². The highest BCUT2D eigenvalue weighted by molar-refractivity contribution is 5.88. The van der Waals surface area contributed by atoms with Crippen molar-refractivity contribution >= 4 is 11.7 Å². The lowest BCUT2D eigenvalue weighted by molar-refractivity contribution is 0.0695. The Morgan fingerprint density at radius 3 is 2.21 bits per heavy atom. The largest absolute Gasteiger partial charge is 0.478 e. The van der Waals surface area contributed by atoms with Gasteiger partial charge in [-0.2, -0.15) is 0 Å². The van der Waals surface area contributed by atoms with Crippen LogP contribution in [-0.4, -0.2) is 24.2 Å². The molecule has 0 amide bonds. The van der Waals surface area contributed by atoms with Gasteiger partial charge in [-0.25, -0.2) is 13.6 Å². The zero-order chi connectivity index (χ0) is 14.0.